The van der Waals surface area contributed by atoms with Crippen LogP contribution in [0, 0.1) is 6.92 Å². The predicted octanol–water partition coefficient (Wildman–Crippen LogP) is 5.26. The van der Waals surface area contributed by atoms with Crippen molar-refractivity contribution in [1.82, 2.24) is 9.55 Å². The van der Waals surface area contributed by atoms with Crippen molar-refractivity contribution in [2.24, 2.45) is 0 Å². The van der Waals surface area contributed by atoms with Gasteiger partial charge in [-0.3, -0.25) is 4.79 Å². The minimum absolute atomic E-state index is 0.136. The summed E-state index contributed by atoms with van der Waals surface area (Å²) in [5.74, 6) is 0.0573. The molecule has 1 aromatic heterocycles. The highest BCUT2D eigenvalue weighted by molar-refractivity contribution is 6.33. The lowest BCUT2D eigenvalue weighted by molar-refractivity contribution is -0.127. The molecule has 2 aromatic carbocycles. The second-order valence-corrected chi connectivity index (χ2v) is 7.46. The zero-order chi connectivity index (χ0) is 21.5. The zero-order valence-corrected chi connectivity index (χ0v) is 16.6. The van der Waals surface area contributed by atoms with E-state index in [0.717, 1.165) is 5.69 Å². The van der Waals surface area contributed by atoms with Crippen LogP contribution in [-0.4, -0.2) is 28.2 Å². The van der Waals surface area contributed by atoms with Crippen LogP contribution >= 0.6 is 11.6 Å². The van der Waals surface area contributed by atoms with Gasteiger partial charge in [-0.1, -0.05) is 23.7 Å². The van der Waals surface area contributed by atoms with Crippen molar-refractivity contribution in [1.29, 1.82) is 0 Å². The Labute approximate surface area is 175 Å². The van der Waals surface area contributed by atoms with Crippen LogP contribution in [0.1, 0.15) is 21.5 Å². The van der Waals surface area contributed by atoms with E-state index < -0.39 is 18.5 Å². The smallest absolute Gasteiger partial charge is 0.393 e. The average Bonchev–Trinajstić information content (AvgIpc) is 3.05. The summed E-state index contributed by atoms with van der Waals surface area (Å²) < 4.78 is 45.4. The number of amides is 1. The molecule has 0 spiro atoms. The van der Waals surface area contributed by atoms with E-state index in [0.29, 0.717) is 46.3 Å². The van der Waals surface area contributed by atoms with Gasteiger partial charge in [-0.05, 0) is 36.2 Å². The summed E-state index contributed by atoms with van der Waals surface area (Å²) in [6, 6.07) is 7.42. The van der Waals surface area contributed by atoms with Crippen LogP contribution < -0.4 is 10.1 Å². The second-order valence-electron chi connectivity index (χ2n) is 7.05. The molecule has 1 N–H and O–H groups in total. The largest absolute Gasteiger partial charge is 0.489 e. The Balaban J connectivity index is 1.62. The molecule has 0 saturated heterocycles. The number of rotatable bonds is 3. The minimum atomic E-state index is -4.29. The molecule has 9 heteroatoms. The maximum Gasteiger partial charge on any atom is 0.393 e. The van der Waals surface area contributed by atoms with Crippen molar-refractivity contribution in [2.45, 2.75) is 26.1 Å². The van der Waals surface area contributed by atoms with Gasteiger partial charge in [0.2, 0.25) is 0 Å². The van der Waals surface area contributed by atoms with Crippen LogP contribution in [0.25, 0.3) is 11.3 Å². The maximum atomic E-state index is 12.8. The third-order valence-corrected chi connectivity index (χ3v) is 5.10. The molecular weight excluding hydrogens is 419 g/mol. The molecule has 1 amide bonds. The summed E-state index contributed by atoms with van der Waals surface area (Å²) in [6.07, 6.45) is -1.95. The Morgan fingerprint density at radius 3 is 2.83 bits per heavy atom. The van der Waals surface area contributed by atoms with Crippen molar-refractivity contribution in [3.63, 3.8) is 0 Å². The molecule has 0 radical (unpaired) electrons. The molecule has 0 unspecified atom stereocenters. The molecule has 0 atom stereocenters. The van der Waals surface area contributed by atoms with Crippen molar-refractivity contribution >= 4 is 23.2 Å². The summed E-state index contributed by atoms with van der Waals surface area (Å²) in [5, 5.41) is 3.04. The van der Waals surface area contributed by atoms with Gasteiger partial charge in [0.25, 0.3) is 5.91 Å². The van der Waals surface area contributed by atoms with E-state index >= 15 is 0 Å². The normalized spacial score (nSPS) is 13.1. The highest BCUT2D eigenvalue weighted by Crippen LogP contribution is 2.39. The second kappa shape index (κ2) is 7.68. The monoisotopic (exact) mass is 435 g/mol. The number of nitrogens with one attached hydrogen (secondary N) is 1. The number of fused-ring (bicyclic) bond motifs is 3. The highest BCUT2D eigenvalue weighted by Gasteiger charge is 2.28. The van der Waals surface area contributed by atoms with E-state index in [4.69, 9.17) is 16.3 Å². The lowest BCUT2D eigenvalue weighted by Crippen LogP contribution is -2.14. The number of hydrogen-bond donors (Lipinski definition) is 1. The number of ether oxygens (including phenoxy) is 1. The van der Waals surface area contributed by atoms with Crippen LogP contribution in [0.3, 0.4) is 0 Å². The third-order valence-electron chi connectivity index (χ3n) is 4.82. The summed E-state index contributed by atoms with van der Waals surface area (Å²) in [5.41, 5.74) is 2.84. The van der Waals surface area contributed by atoms with Crippen molar-refractivity contribution in [3.8, 4) is 17.0 Å². The van der Waals surface area contributed by atoms with Crippen LogP contribution in [0.15, 0.2) is 42.9 Å². The Bertz CT molecular complexity index is 1130. The number of halogens is 4. The molecule has 156 valence electrons. The van der Waals surface area contributed by atoms with Gasteiger partial charge in [0, 0.05) is 16.8 Å². The van der Waals surface area contributed by atoms with E-state index in [9.17, 15) is 18.0 Å². The molecule has 0 aliphatic carbocycles. The lowest BCUT2D eigenvalue weighted by Gasteiger charge is -2.14. The molecule has 4 rings (SSSR count). The van der Waals surface area contributed by atoms with E-state index in [1.54, 1.807) is 25.5 Å². The lowest BCUT2D eigenvalue weighted by atomic mass is 10.0. The third kappa shape index (κ3) is 4.14. The van der Waals surface area contributed by atoms with Crippen LogP contribution in [0.5, 0.6) is 5.75 Å². The van der Waals surface area contributed by atoms with E-state index in [1.807, 2.05) is 4.57 Å². The SMILES string of the molecule is Cc1cc(CC(F)(F)F)ccc1NC(=O)c1cc(Cl)c2c(c1)-c1cncn1CCO2. The number of carbonyl (C=O) groups is 1. The molecular formula is C21H17ClF3N3O2. The van der Waals surface area contributed by atoms with E-state index in [2.05, 4.69) is 10.3 Å². The Morgan fingerprint density at radius 2 is 2.10 bits per heavy atom. The molecule has 5 nitrogen and oxygen atoms in total. The highest BCUT2D eigenvalue weighted by atomic mass is 35.5. The number of benzene rings is 2. The quantitative estimate of drug-likeness (QED) is 0.610. The van der Waals surface area contributed by atoms with Crippen molar-refractivity contribution < 1.29 is 22.7 Å². The van der Waals surface area contributed by atoms with Gasteiger partial charge < -0.3 is 14.6 Å². The molecule has 3 aromatic rings. The van der Waals surface area contributed by atoms with Gasteiger partial charge in [0.05, 0.1) is 36.2 Å². The Kier molecular flexibility index (Phi) is 5.19. The van der Waals surface area contributed by atoms with Crippen molar-refractivity contribution in [2.75, 3.05) is 11.9 Å². The van der Waals surface area contributed by atoms with Crippen LogP contribution in [0.2, 0.25) is 5.02 Å². The van der Waals surface area contributed by atoms with E-state index in [-0.39, 0.29) is 5.56 Å². The molecule has 0 bridgehead atoms. The summed E-state index contributed by atoms with van der Waals surface area (Å²) >= 11 is 6.37. The fourth-order valence-electron chi connectivity index (χ4n) is 3.43. The number of anilines is 1. The topological polar surface area (TPSA) is 56.2 Å². The fraction of sp³-hybridized carbons (Fsp3) is 0.238. The molecule has 1 aliphatic rings. The molecule has 2 heterocycles. The first kappa shape index (κ1) is 20.3. The first-order valence-electron chi connectivity index (χ1n) is 9.16. The Hall–Kier alpha value is -3.00. The zero-order valence-electron chi connectivity index (χ0n) is 15.9. The van der Waals surface area contributed by atoms with Gasteiger partial charge in [0.15, 0.2) is 0 Å². The van der Waals surface area contributed by atoms with Gasteiger partial charge >= 0.3 is 6.18 Å². The number of hydrogen-bond acceptors (Lipinski definition) is 3. The summed E-state index contributed by atoms with van der Waals surface area (Å²) in [7, 11) is 0. The summed E-state index contributed by atoms with van der Waals surface area (Å²) in [6.45, 7) is 2.67. The first-order chi connectivity index (χ1) is 14.2. The number of alkyl halides is 3. The van der Waals surface area contributed by atoms with E-state index in [1.165, 1.54) is 24.3 Å². The summed E-state index contributed by atoms with van der Waals surface area (Å²) in [4.78, 5) is 17.0. The van der Waals surface area contributed by atoms with Crippen LogP contribution in [0.4, 0.5) is 18.9 Å². The number of carbonyl (C=O) groups excluding carboxylic acids is 1. The van der Waals surface area contributed by atoms with Gasteiger partial charge in [-0.2, -0.15) is 13.2 Å². The average molecular weight is 436 g/mol. The molecule has 0 saturated carbocycles. The minimum Gasteiger partial charge on any atom is -0.489 e. The van der Waals surface area contributed by atoms with Gasteiger partial charge in [-0.15, -0.1) is 0 Å². The number of nitrogens with zero attached hydrogens (tertiary/aromatic N) is 2. The molecule has 30 heavy (non-hydrogen) atoms. The molecule has 1 aliphatic heterocycles. The first-order valence-corrected chi connectivity index (χ1v) is 9.53. The standard InChI is InChI=1S/C21H17ClF3N3O2/c1-12-6-13(9-21(23,24)25)2-3-17(12)27-20(29)14-7-15-18-10-26-11-28(18)4-5-30-19(15)16(22)8-14/h2-3,6-8,10-11H,4-5,9H2,1H3,(H,27,29). The van der Waals surface area contributed by atoms with Gasteiger partial charge in [0.1, 0.15) is 12.4 Å². The van der Waals surface area contributed by atoms with Crippen molar-refractivity contribution in [3.05, 3.63) is 64.6 Å². The number of aryl methyl sites for hydroxylation is 1. The maximum absolute atomic E-state index is 12.8. The number of imidazole rings is 1. The van der Waals surface area contributed by atoms with Gasteiger partial charge in [-0.25, -0.2) is 4.98 Å². The molecule has 0 fully saturated rings. The van der Waals surface area contributed by atoms with Crippen LogP contribution in [-0.2, 0) is 13.0 Å². The Morgan fingerprint density at radius 1 is 1.30 bits per heavy atom. The predicted molar refractivity (Wildman–Crippen MR) is 107 cm³/mol. The fourth-order valence-corrected chi connectivity index (χ4v) is 3.71. The number of aromatic nitrogens is 2.